The fraction of sp³-hybridized carbons (Fsp3) is 0.471. The molecule has 0 aliphatic heterocycles. The Labute approximate surface area is 131 Å². The standard InChI is InChI=1S/C17H23N3S/c1-2-20-13-14(12-19-20)11-18-15-7-9-17(10-8-15)21-16-5-3-4-6-16/h7-10,12-13,16,18H,2-6,11H2,1H3. The highest BCUT2D eigenvalue weighted by Gasteiger charge is 2.15. The summed E-state index contributed by atoms with van der Waals surface area (Å²) < 4.78 is 1.96. The van der Waals surface area contributed by atoms with Crippen LogP contribution in [0.1, 0.15) is 38.2 Å². The Morgan fingerprint density at radius 2 is 2.00 bits per heavy atom. The summed E-state index contributed by atoms with van der Waals surface area (Å²) in [6, 6.07) is 8.84. The van der Waals surface area contributed by atoms with Crippen LogP contribution in [0.25, 0.3) is 0 Å². The monoisotopic (exact) mass is 301 g/mol. The second-order valence-corrected chi connectivity index (χ2v) is 6.98. The van der Waals surface area contributed by atoms with E-state index in [1.807, 2.05) is 22.6 Å². The number of thioether (sulfide) groups is 1. The fourth-order valence-electron chi connectivity index (χ4n) is 2.72. The van der Waals surface area contributed by atoms with Crippen molar-refractivity contribution in [3.8, 4) is 0 Å². The molecule has 0 spiro atoms. The van der Waals surface area contributed by atoms with Crippen molar-refractivity contribution < 1.29 is 0 Å². The first-order valence-electron chi connectivity index (χ1n) is 7.85. The second-order valence-electron chi connectivity index (χ2n) is 5.61. The zero-order valence-corrected chi connectivity index (χ0v) is 13.4. The average molecular weight is 301 g/mol. The van der Waals surface area contributed by atoms with Gasteiger partial charge in [0.15, 0.2) is 0 Å². The van der Waals surface area contributed by atoms with Gasteiger partial charge in [-0.2, -0.15) is 5.10 Å². The lowest BCUT2D eigenvalue weighted by Crippen LogP contribution is -1.99. The van der Waals surface area contributed by atoms with E-state index in [2.05, 4.69) is 47.8 Å². The first kappa shape index (κ1) is 14.5. The normalized spacial score (nSPS) is 15.5. The van der Waals surface area contributed by atoms with Crippen molar-refractivity contribution in [2.45, 2.75) is 55.8 Å². The lowest BCUT2D eigenvalue weighted by Gasteiger charge is -2.10. The number of benzene rings is 1. The van der Waals surface area contributed by atoms with Crippen molar-refractivity contribution in [2.24, 2.45) is 0 Å². The minimum Gasteiger partial charge on any atom is -0.381 e. The minimum atomic E-state index is 0.828. The van der Waals surface area contributed by atoms with Gasteiger partial charge in [0.05, 0.1) is 6.20 Å². The van der Waals surface area contributed by atoms with Gasteiger partial charge in [-0.05, 0) is 44.0 Å². The molecule has 3 nitrogen and oxygen atoms in total. The van der Waals surface area contributed by atoms with Crippen LogP contribution in [0.5, 0.6) is 0 Å². The molecule has 0 bridgehead atoms. The van der Waals surface area contributed by atoms with Gasteiger partial charge in [-0.3, -0.25) is 4.68 Å². The van der Waals surface area contributed by atoms with E-state index in [0.29, 0.717) is 0 Å². The Hall–Kier alpha value is -1.42. The first-order chi connectivity index (χ1) is 10.3. The van der Waals surface area contributed by atoms with E-state index in [1.54, 1.807) is 0 Å². The molecule has 1 saturated carbocycles. The van der Waals surface area contributed by atoms with E-state index in [-0.39, 0.29) is 0 Å². The molecule has 1 aromatic heterocycles. The van der Waals surface area contributed by atoms with Crippen molar-refractivity contribution in [3.05, 3.63) is 42.2 Å². The maximum atomic E-state index is 4.29. The molecule has 0 radical (unpaired) electrons. The molecule has 1 aliphatic rings. The largest absolute Gasteiger partial charge is 0.381 e. The molecule has 0 unspecified atom stereocenters. The smallest absolute Gasteiger partial charge is 0.0539 e. The quantitative estimate of drug-likeness (QED) is 0.849. The molecule has 112 valence electrons. The van der Waals surface area contributed by atoms with Gasteiger partial charge in [0, 0.05) is 40.7 Å². The van der Waals surface area contributed by atoms with Gasteiger partial charge in [0.25, 0.3) is 0 Å². The number of nitrogens with one attached hydrogen (secondary N) is 1. The summed E-state index contributed by atoms with van der Waals surface area (Å²) in [5, 5.41) is 8.59. The van der Waals surface area contributed by atoms with Crippen molar-refractivity contribution >= 4 is 17.4 Å². The maximum absolute atomic E-state index is 4.29. The van der Waals surface area contributed by atoms with Crippen LogP contribution in [0.4, 0.5) is 5.69 Å². The Kier molecular flexibility index (Phi) is 4.86. The summed E-state index contributed by atoms with van der Waals surface area (Å²) in [6.07, 6.45) is 9.60. The topological polar surface area (TPSA) is 29.9 Å². The van der Waals surface area contributed by atoms with Crippen molar-refractivity contribution in [1.29, 1.82) is 0 Å². The molecule has 1 heterocycles. The molecule has 4 heteroatoms. The van der Waals surface area contributed by atoms with Crippen molar-refractivity contribution in [2.75, 3.05) is 5.32 Å². The average Bonchev–Trinajstić information content (AvgIpc) is 3.18. The van der Waals surface area contributed by atoms with Crippen LogP contribution in [-0.2, 0) is 13.1 Å². The first-order valence-corrected chi connectivity index (χ1v) is 8.73. The molecule has 1 fully saturated rings. The molecule has 2 aromatic rings. The number of aromatic nitrogens is 2. The Morgan fingerprint density at radius 3 is 2.67 bits per heavy atom. The molecule has 3 rings (SSSR count). The van der Waals surface area contributed by atoms with E-state index < -0.39 is 0 Å². The van der Waals surface area contributed by atoms with Crippen LogP contribution in [0.15, 0.2) is 41.6 Å². The highest BCUT2D eigenvalue weighted by Crippen LogP contribution is 2.34. The van der Waals surface area contributed by atoms with Gasteiger partial charge < -0.3 is 5.32 Å². The van der Waals surface area contributed by atoms with Gasteiger partial charge in [-0.15, -0.1) is 11.8 Å². The molecule has 1 aromatic carbocycles. The lowest BCUT2D eigenvalue weighted by atomic mass is 10.3. The molecular weight excluding hydrogens is 278 g/mol. The molecule has 1 aliphatic carbocycles. The highest BCUT2D eigenvalue weighted by atomic mass is 32.2. The van der Waals surface area contributed by atoms with Gasteiger partial charge in [-0.1, -0.05) is 12.8 Å². The van der Waals surface area contributed by atoms with Crippen LogP contribution < -0.4 is 5.32 Å². The summed E-state index contributed by atoms with van der Waals surface area (Å²) in [6.45, 7) is 3.85. The number of nitrogens with zero attached hydrogens (tertiary/aromatic N) is 2. The van der Waals surface area contributed by atoms with Gasteiger partial charge in [-0.25, -0.2) is 0 Å². The van der Waals surface area contributed by atoms with Gasteiger partial charge >= 0.3 is 0 Å². The maximum Gasteiger partial charge on any atom is 0.0539 e. The number of anilines is 1. The molecular formula is C17H23N3S. The Balaban J connectivity index is 1.51. The predicted octanol–water partition coefficient (Wildman–Crippen LogP) is 4.55. The Bertz CT molecular complexity index is 556. The molecule has 0 saturated heterocycles. The molecule has 21 heavy (non-hydrogen) atoms. The summed E-state index contributed by atoms with van der Waals surface area (Å²) in [4.78, 5) is 1.39. The number of hydrogen-bond donors (Lipinski definition) is 1. The Morgan fingerprint density at radius 1 is 1.24 bits per heavy atom. The van der Waals surface area contributed by atoms with Crippen LogP contribution in [0.2, 0.25) is 0 Å². The second kappa shape index (κ2) is 7.03. The van der Waals surface area contributed by atoms with Crippen LogP contribution in [-0.4, -0.2) is 15.0 Å². The number of aryl methyl sites for hydroxylation is 1. The number of hydrogen-bond acceptors (Lipinski definition) is 3. The van der Waals surface area contributed by atoms with Crippen molar-refractivity contribution in [3.63, 3.8) is 0 Å². The van der Waals surface area contributed by atoms with Crippen molar-refractivity contribution in [1.82, 2.24) is 9.78 Å². The van der Waals surface area contributed by atoms with Crippen LogP contribution in [0.3, 0.4) is 0 Å². The third-order valence-corrected chi connectivity index (χ3v) is 5.32. The van der Waals surface area contributed by atoms with E-state index in [1.165, 1.54) is 41.8 Å². The van der Waals surface area contributed by atoms with E-state index in [9.17, 15) is 0 Å². The molecule has 0 atom stereocenters. The van der Waals surface area contributed by atoms with Gasteiger partial charge in [0.2, 0.25) is 0 Å². The summed E-state index contributed by atoms with van der Waals surface area (Å²) >= 11 is 2.04. The number of rotatable bonds is 6. The van der Waals surface area contributed by atoms with Crippen LogP contribution >= 0.6 is 11.8 Å². The zero-order valence-electron chi connectivity index (χ0n) is 12.6. The van der Waals surface area contributed by atoms with E-state index in [0.717, 1.165) is 18.3 Å². The SMILES string of the molecule is CCn1cc(CNc2ccc(SC3CCCC3)cc2)cn1. The van der Waals surface area contributed by atoms with Gasteiger partial charge in [0.1, 0.15) is 0 Å². The predicted molar refractivity (Wildman–Crippen MR) is 89.8 cm³/mol. The third kappa shape index (κ3) is 4.03. The fourth-order valence-corrected chi connectivity index (χ4v) is 3.97. The van der Waals surface area contributed by atoms with E-state index in [4.69, 9.17) is 0 Å². The molecule has 0 amide bonds. The van der Waals surface area contributed by atoms with Crippen LogP contribution in [0, 0.1) is 0 Å². The molecule has 1 N–H and O–H groups in total. The van der Waals surface area contributed by atoms with E-state index >= 15 is 0 Å². The summed E-state index contributed by atoms with van der Waals surface area (Å²) in [7, 11) is 0. The third-order valence-electron chi connectivity index (χ3n) is 3.97. The summed E-state index contributed by atoms with van der Waals surface area (Å²) in [5.41, 5.74) is 2.40. The zero-order chi connectivity index (χ0) is 14.5. The lowest BCUT2D eigenvalue weighted by molar-refractivity contribution is 0.659. The minimum absolute atomic E-state index is 0.828. The highest BCUT2D eigenvalue weighted by molar-refractivity contribution is 8.00. The summed E-state index contributed by atoms with van der Waals surface area (Å²) in [5.74, 6) is 0.